The number of hydrogen-bond acceptors (Lipinski definition) is 5. The summed E-state index contributed by atoms with van der Waals surface area (Å²) in [6, 6.07) is 0. The van der Waals surface area contributed by atoms with Crippen molar-refractivity contribution in [3.63, 3.8) is 0 Å². The molecule has 1 aliphatic heterocycles. The molecule has 6 heteroatoms. The van der Waals surface area contributed by atoms with Gasteiger partial charge in [0, 0.05) is 38.6 Å². The van der Waals surface area contributed by atoms with E-state index in [4.69, 9.17) is 4.74 Å². The number of fused-ring (bicyclic) bond motifs is 1. The zero-order valence-electron chi connectivity index (χ0n) is 14.2. The van der Waals surface area contributed by atoms with E-state index in [0.29, 0.717) is 5.92 Å². The van der Waals surface area contributed by atoms with Gasteiger partial charge in [0.2, 0.25) is 0 Å². The van der Waals surface area contributed by atoms with E-state index in [0.717, 1.165) is 51.0 Å². The minimum absolute atomic E-state index is 0.402. The van der Waals surface area contributed by atoms with Crippen LogP contribution in [0, 0.1) is 5.92 Å². The summed E-state index contributed by atoms with van der Waals surface area (Å²) in [6.45, 7) is 8.81. The van der Waals surface area contributed by atoms with Gasteiger partial charge in [-0.15, -0.1) is 5.10 Å². The van der Waals surface area contributed by atoms with Crippen LogP contribution in [-0.4, -0.2) is 71.7 Å². The maximum absolute atomic E-state index is 5.94. The van der Waals surface area contributed by atoms with Crippen LogP contribution in [-0.2, 0) is 17.8 Å². The van der Waals surface area contributed by atoms with Crippen LogP contribution < -0.4 is 0 Å². The highest BCUT2D eigenvalue weighted by molar-refractivity contribution is 5.20. The molecule has 2 heterocycles. The molecular formula is C16H29N5O. The highest BCUT2D eigenvalue weighted by Crippen LogP contribution is 2.33. The minimum Gasteiger partial charge on any atom is -0.379 e. The van der Waals surface area contributed by atoms with Gasteiger partial charge in [-0.1, -0.05) is 5.21 Å². The number of aryl methyl sites for hydroxylation is 1. The number of hydrogen-bond donors (Lipinski definition) is 0. The molecule has 1 saturated carbocycles. The highest BCUT2D eigenvalue weighted by Gasteiger charge is 2.33. The number of ether oxygens (including phenoxy) is 1. The average Bonchev–Trinajstić information content (AvgIpc) is 3.20. The van der Waals surface area contributed by atoms with Crippen LogP contribution in [0.3, 0.4) is 0 Å². The Labute approximate surface area is 133 Å². The smallest absolute Gasteiger partial charge is 0.100 e. The summed E-state index contributed by atoms with van der Waals surface area (Å²) < 4.78 is 8.00. The minimum atomic E-state index is 0.402. The molecule has 1 atom stereocenters. The second-order valence-corrected chi connectivity index (χ2v) is 6.95. The lowest BCUT2D eigenvalue weighted by molar-refractivity contribution is 0.0837. The van der Waals surface area contributed by atoms with Crippen LogP contribution in [0.15, 0.2) is 0 Å². The van der Waals surface area contributed by atoms with Crippen LogP contribution in [0.25, 0.3) is 0 Å². The van der Waals surface area contributed by atoms with Gasteiger partial charge in [-0.2, -0.15) is 0 Å². The van der Waals surface area contributed by atoms with Crippen molar-refractivity contribution in [2.45, 2.75) is 38.8 Å². The molecule has 124 valence electrons. The van der Waals surface area contributed by atoms with Crippen molar-refractivity contribution in [1.29, 1.82) is 0 Å². The predicted octanol–water partition coefficient (Wildman–Crippen LogP) is 1.19. The second kappa shape index (κ2) is 7.06. The van der Waals surface area contributed by atoms with Gasteiger partial charge in [0.15, 0.2) is 0 Å². The molecule has 0 aromatic carbocycles. The quantitative estimate of drug-likeness (QED) is 0.675. The number of rotatable bonds is 8. The molecule has 6 nitrogen and oxygen atoms in total. The fourth-order valence-corrected chi connectivity index (χ4v) is 3.23. The summed E-state index contributed by atoms with van der Waals surface area (Å²) in [4.78, 5) is 4.71. The van der Waals surface area contributed by atoms with E-state index in [-0.39, 0.29) is 0 Å². The lowest BCUT2D eigenvalue weighted by atomic mass is 9.98. The van der Waals surface area contributed by atoms with Gasteiger partial charge in [0.1, 0.15) is 5.69 Å². The predicted molar refractivity (Wildman–Crippen MR) is 85.8 cm³/mol. The Morgan fingerprint density at radius 1 is 1.32 bits per heavy atom. The molecule has 0 amide bonds. The lowest BCUT2D eigenvalue weighted by Gasteiger charge is -2.32. The summed E-state index contributed by atoms with van der Waals surface area (Å²) in [6.07, 6.45) is 2.80. The number of nitrogens with zero attached hydrogens (tertiary/aromatic N) is 5. The van der Waals surface area contributed by atoms with Gasteiger partial charge in [-0.05, 0) is 39.8 Å². The van der Waals surface area contributed by atoms with Crippen LogP contribution in [0.1, 0.15) is 37.1 Å². The molecule has 3 rings (SSSR count). The van der Waals surface area contributed by atoms with Crippen LogP contribution in [0.2, 0.25) is 0 Å². The largest absolute Gasteiger partial charge is 0.379 e. The molecule has 0 spiro atoms. The summed E-state index contributed by atoms with van der Waals surface area (Å²) >= 11 is 0. The SMILES string of the molecule is CCn1nnc2c1C(COCCN(C)C)CN(CC1CC1)C2. The lowest BCUT2D eigenvalue weighted by Crippen LogP contribution is -2.38. The summed E-state index contributed by atoms with van der Waals surface area (Å²) in [5, 5.41) is 8.75. The first kappa shape index (κ1) is 15.9. The highest BCUT2D eigenvalue weighted by atomic mass is 16.5. The van der Waals surface area contributed by atoms with Gasteiger partial charge in [-0.25, -0.2) is 4.68 Å². The van der Waals surface area contributed by atoms with Crippen LogP contribution in [0.4, 0.5) is 0 Å². The fourth-order valence-electron chi connectivity index (χ4n) is 3.23. The first-order valence-corrected chi connectivity index (χ1v) is 8.54. The first-order valence-electron chi connectivity index (χ1n) is 8.54. The summed E-state index contributed by atoms with van der Waals surface area (Å²) in [5.74, 6) is 1.32. The van der Waals surface area contributed by atoms with Crippen molar-refractivity contribution in [3.8, 4) is 0 Å². The molecular weight excluding hydrogens is 278 g/mol. The first-order chi connectivity index (χ1) is 10.7. The van der Waals surface area contributed by atoms with Gasteiger partial charge in [0.25, 0.3) is 0 Å². The van der Waals surface area contributed by atoms with E-state index in [1.807, 2.05) is 0 Å². The Hall–Kier alpha value is -0.980. The fraction of sp³-hybridized carbons (Fsp3) is 0.875. The molecule has 0 N–H and O–H groups in total. The molecule has 2 aliphatic rings. The Morgan fingerprint density at radius 2 is 2.14 bits per heavy atom. The van der Waals surface area contributed by atoms with E-state index >= 15 is 0 Å². The number of aromatic nitrogens is 3. The third-order valence-corrected chi connectivity index (χ3v) is 4.60. The molecule has 1 aromatic heterocycles. The van der Waals surface area contributed by atoms with Gasteiger partial charge in [0.05, 0.1) is 18.9 Å². The molecule has 1 aliphatic carbocycles. The van der Waals surface area contributed by atoms with E-state index in [2.05, 4.69) is 45.8 Å². The van der Waals surface area contributed by atoms with Crippen molar-refractivity contribution in [1.82, 2.24) is 24.8 Å². The van der Waals surface area contributed by atoms with E-state index in [9.17, 15) is 0 Å². The molecule has 0 radical (unpaired) electrons. The van der Waals surface area contributed by atoms with Crippen molar-refractivity contribution >= 4 is 0 Å². The van der Waals surface area contributed by atoms with Crippen molar-refractivity contribution in [2.75, 3.05) is 46.9 Å². The molecule has 22 heavy (non-hydrogen) atoms. The third kappa shape index (κ3) is 3.86. The normalized spacial score (nSPS) is 22.3. The molecule has 1 aromatic rings. The van der Waals surface area contributed by atoms with Crippen LogP contribution >= 0.6 is 0 Å². The number of likely N-dealkylation sites (N-methyl/N-ethyl adjacent to an activating group) is 1. The zero-order chi connectivity index (χ0) is 15.5. The van der Waals surface area contributed by atoms with Gasteiger partial charge in [-0.3, -0.25) is 4.90 Å². The van der Waals surface area contributed by atoms with Gasteiger partial charge < -0.3 is 9.64 Å². The van der Waals surface area contributed by atoms with E-state index < -0.39 is 0 Å². The van der Waals surface area contributed by atoms with Crippen molar-refractivity contribution in [3.05, 3.63) is 11.4 Å². The van der Waals surface area contributed by atoms with E-state index in [1.165, 1.54) is 25.1 Å². The Balaban J connectivity index is 1.64. The van der Waals surface area contributed by atoms with Crippen molar-refractivity contribution in [2.24, 2.45) is 5.92 Å². The molecule has 0 bridgehead atoms. The zero-order valence-corrected chi connectivity index (χ0v) is 14.2. The third-order valence-electron chi connectivity index (χ3n) is 4.60. The average molecular weight is 307 g/mol. The molecule has 1 unspecified atom stereocenters. The summed E-state index contributed by atoms with van der Waals surface area (Å²) in [5.41, 5.74) is 2.47. The standard InChI is InChI=1S/C16H29N5O/c1-4-21-16-14(12-22-8-7-19(2)3)10-20(9-13-5-6-13)11-15(16)17-18-21/h13-14H,4-12H2,1-3H3. The monoisotopic (exact) mass is 307 g/mol. The molecule has 0 saturated heterocycles. The van der Waals surface area contributed by atoms with Crippen LogP contribution in [0.5, 0.6) is 0 Å². The summed E-state index contributed by atoms with van der Waals surface area (Å²) in [7, 11) is 4.16. The topological polar surface area (TPSA) is 46.4 Å². The Kier molecular flexibility index (Phi) is 5.10. The Morgan fingerprint density at radius 3 is 2.82 bits per heavy atom. The maximum atomic E-state index is 5.94. The Bertz CT molecular complexity index is 483. The molecule has 1 fully saturated rings. The van der Waals surface area contributed by atoms with Crippen molar-refractivity contribution < 1.29 is 4.74 Å². The maximum Gasteiger partial charge on any atom is 0.100 e. The second-order valence-electron chi connectivity index (χ2n) is 6.95. The van der Waals surface area contributed by atoms with E-state index in [1.54, 1.807) is 0 Å². The van der Waals surface area contributed by atoms with Gasteiger partial charge >= 0.3 is 0 Å².